The zero-order chi connectivity index (χ0) is 17.2. The van der Waals surface area contributed by atoms with Crippen molar-refractivity contribution in [2.24, 2.45) is 5.92 Å². The molecular weight excluding hydrogens is 308 g/mol. The number of anilines is 1. The lowest BCUT2D eigenvalue weighted by Crippen LogP contribution is -2.33. The van der Waals surface area contributed by atoms with Gasteiger partial charge in [0.15, 0.2) is 0 Å². The molecule has 4 rings (SSSR count). The summed E-state index contributed by atoms with van der Waals surface area (Å²) in [6.45, 7) is 4.57. The lowest BCUT2D eigenvalue weighted by atomic mass is 9.99. The first-order chi connectivity index (χ1) is 12.2. The van der Waals surface area contributed by atoms with Crippen molar-refractivity contribution >= 4 is 16.7 Å². The molecule has 128 valence electrons. The maximum atomic E-state index is 5.24. The lowest BCUT2D eigenvalue weighted by molar-refractivity contribution is 0.415. The topological polar surface area (TPSA) is 25.4 Å². The number of fused-ring (bicyclic) bond motifs is 1. The van der Waals surface area contributed by atoms with Crippen LogP contribution in [-0.2, 0) is 0 Å². The predicted molar refractivity (Wildman–Crippen MR) is 104 cm³/mol. The Balaban J connectivity index is 1.62. The van der Waals surface area contributed by atoms with Crippen LogP contribution in [0, 0.1) is 5.92 Å². The molecule has 1 aliphatic heterocycles. The zero-order valence-electron chi connectivity index (χ0n) is 14.9. The van der Waals surface area contributed by atoms with Gasteiger partial charge in [0.2, 0.25) is 0 Å². The highest BCUT2D eigenvalue weighted by Crippen LogP contribution is 2.28. The molecule has 3 aromatic rings. The smallest absolute Gasteiger partial charge is 0.129 e. The van der Waals surface area contributed by atoms with Crippen molar-refractivity contribution in [1.82, 2.24) is 4.98 Å². The molecule has 2 aromatic carbocycles. The van der Waals surface area contributed by atoms with E-state index in [1.165, 1.54) is 29.4 Å². The van der Waals surface area contributed by atoms with Crippen LogP contribution >= 0.6 is 0 Å². The summed E-state index contributed by atoms with van der Waals surface area (Å²) in [5.41, 5.74) is 3.46. The van der Waals surface area contributed by atoms with E-state index in [1.54, 1.807) is 7.11 Å². The van der Waals surface area contributed by atoms with Crippen molar-refractivity contribution in [3.63, 3.8) is 0 Å². The monoisotopic (exact) mass is 332 g/mol. The second-order valence-corrected chi connectivity index (χ2v) is 6.98. The third-order valence-electron chi connectivity index (χ3n) is 5.21. The highest BCUT2D eigenvalue weighted by atomic mass is 16.5. The summed E-state index contributed by atoms with van der Waals surface area (Å²) >= 11 is 0. The van der Waals surface area contributed by atoms with Crippen LogP contribution in [0.4, 0.5) is 5.82 Å². The van der Waals surface area contributed by atoms with Crippen molar-refractivity contribution in [1.29, 1.82) is 0 Å². The number of benzene rings is 2. The van der Waals surface area contributed by atoms with E-state index in [0.717, 1.165) is 36.1 Å². The molecule has 1 saturated heterocycles. The van der Waals surface area contributed by atoms with Crippen LogP contribution in [-0.4, -0.2) is 25.2 Å². The van der Waals surface area contributed by atoms with Crippen LogP contribution in [0.3, 0.4) is 0 Å². The number of ether oxygens (including phenoxy) is 1. The molecule has 2 heterocycles. The van der Waals surface area contributed by atoms with Gasteiger partial charge in [0.1, 0.15) is 11.6 Å². The van der Waals surface area contributed by atoms with Crippen molar-refractivity contribution in [3.8, 4) is 16.9 Å². The average Bonchev–Trinajstić information content (AvgIpc) is 2.68. The minimum Gasteiger partial charge on any atom is -0.497 e. The molecule has 0 bridgehead atoms. The second-order valence-electron chi connectivity index (χ2n) is 6.98. The van der Waals surface area contributed by atoms with Crippen molar-refractivity contribution in [2.75, 3.05) is 25.1 Å². The summed E-state index contributed by atoms with van der Waals surface area (Å²) in [6.07, 6.45) is 2.52. The number of piperidine rings is 1. The molecule has 0 unspecified atom stereocenters. The van der Waals surface area contributed by atoms with Gasteiger partial charge in [-0.2, -0.15) is 0 Å². The Bertz CT molecular complexity index is 865. The maximum Gasteiger partial charge on any atom is 0.129 e. The highest BCUT2D eigenvalue weighted by molar-refractivity contribution is 5.85. The fourth-order valence-corrected chi connectivity index (χ4v) is 3.49. The minimum absolute atomic E-state index is 0.837. The van der Waals surface area contributed by atoms with Crippen LogP contribution < -0.4 is 9.64 Å². The van der Waals surface area contributed by atoms with Gasteiger partial charge in [-0.1, -0.05) is 25.1 Å². The number of rotatable bonds is 3. The summed E-state index contributed by atoms with van der Waals surface area (Å²) in [7, 11) is 1.69. The first kappa shape index (κ1) is 15.9. The molecule has 0 spiro atoms. The van der Waals surface area contributed by atoms with E-state index in [4.69, 9.17) is 9.72 Å². The van der Waals surface area contributed by atoms with E-state index >= 15 is 0 Å². The van der Waals surface area contributed by atoms with E-state index in [2.05, 4.69) is 54.3 Å². The van der Waals surface area contributed by atoms with E-state index in [-0.39, 0.29) is 0 Å². The van der Waals surface area contributed by atoms with E-state index < -0.39 is 0 Å². The molecule has 0 saturated carbocycles. The Morgan fingerprint density at radius 2 is 1.64 bits per heavy atom. The Morgan fingerprint density at radius 1 is 0.920 bits per heavy atom. The van der Waals surface area contributed by atoms with Gasteiger partial charge in [0.25, 0.3) is 0 Å². The third kappa shape index (κ3) is 3.32. The third-order valence-corrected chi connectivity index (χ3v) is 5.21. The zero-order valence-corrected chi connectivity index (χ0v) is 14.9. The van der Waals surface area contributed by atoms with Gasteiger partial charge in [-0.05, 0) is 66.3 Å². The molecule has 0 radical (unpaired) electrons. The van der Waals surface area contributed by atoms with Gasteiger partial charge in [-0.15, -0.1) is 0 Å². The number of methoxy groups -OCH3 is 1. The Morgan fingerprint density at radius 3 is 2.36 bits per heavy atom. The molecule has 0 amide bonds. The largest absolute Gasteiger partial charge is 0.497 e. The number of pyridine rings is 1. The highest BCUT2D eigenvalue weighted by Gasteiger charge is 2.17. The van der Waals surface area contributed by atoms with Crippen LogP contribution in [0.5, 0.6) is 5.75 Å². The van der Waals surface area contributed by atoms with Crippen molar-refractivity contribution in [3.05, 3.63) is 54.6 Å². The van der Waals surface area contributed by atoms with Crippen LogP contribution in [0.15, 0.2) is 54.6 Å². The SMILES string of the molecule is COc1ccc(-c2ccc3nc(N4CCC(C)CC4)ccc3c2)cc1. The predicted octanol–water partition coefficient (Wildman–Crippen LogP) is 5.15. The fourth-order valence-electron chi connectivity index (χ4n) is 3.49. The van der Waals surface area contributed by atoms with Crippen LogP contribution in [0.1, 0.15) is 19.8 Å². The molecule has 25 heavy (non-hydrogen) atoms. The van der Waals surface area contributed by atoms with Gasteiger partial charge in [0.05, 0.1) is 12.6 Å². The average molecular weight is 332 g/mol. The van der Waals surface area contributed by atoms with Gasteiger partial charge in [-0.25, -0.2) is 4.98 Å². The van der Waals surface area contributed by atoms with Crippen LogP contribution in [0.25, 0.3) is 22.0 Å². The summed E-state index contributed by atoms with van der Waals surface area (Å²) in [5.74, 6) is 2.83. The maximum absolute atomic E-state index is 5.24. The molecule has 1 fully saturated rings. The normalized spacial score (nSPS) is 15.5. The molecule has 1 aromatic heterocycles. The van der Waals surface area contributed by atoms with Crippen molar-refractivity contribution in [2.45, 2.75) is 19.8 Å². The van der Waals surface area contributed by atoms with Crippen LogP contribution in [0.2, 0.25) is 0 Å². The molecule has 0 N–H and O–H groups in total. The Labute approximate surface area is 149 Å². The summed E-state index contributed by atoms with van der Waals surface area (Å²) < 4.78 is 5.24. The molecular formula is C22H24N2O. The summed E-state index contributed by atoms with van der Waals surface area (Å²) in [6, 6.07) is 19.0. The molecule has 3 nitrogen and oxygen atoms in total. The van der Waals surface area contributed by atoms with Gasteiger partial charge < -0.3 is 9.64 Å². The number of hydrogen-bond acceptors (Lipinski definition) is 3. The van der Waals surface area contributed by atoms with Crippen molar-refractivity contribution < 1.29 is 4.74 Å². The summed E-state index contributed by atoms with van der Waals surface area (Å²) in [4.78, 5) is 7.31. The molecule has 0 atom stereocenters. The number of hydrogen-bond donors (Lipinski definition) is 0. The van der Waals surface area contributed by atoms with E-state index in [1.807, 2.05) is 12.1 Å². The Hall–Kier alpha value is -2.55. The molecule has 3 heteroatoms. The summed E-state index contributed by atoms with van der Waals surface area (Å²) in [5, 5.41) is 1.18. The minimum atomic E-state index is 0.837. The first-order valence-electron chi connectivity index (χ1n) is 9.03. The van der Waals surface area contributed by atoms with E-state index in [9.17, 15) is 0 Å². The van der Waals surface area contributed by atoms with Gasteiger partial charge in [-0.3, -0.25) is 0 Å². The van der Waals surface area contributed by atoms with E-state index in [0.29, 0.717) is 0 Å². The quantitative estimate of drug-likeness (QED) is 0.663. The standard InChI is InChI=1S/C22H24N2O/c1-16-11-13-24(14-12-16)22-10-6-19-15-18(5-9-21(19)23-22)17-3-7-20(25-2)8-4-17/h3-10,15-16H,11-14H2,1-2H3. The molecule has 1 aliphatic rings. The van der Waals surface area contributed by atoms with Gasteiger partial charge in [0, 0.05) is 18.5 Å². The Kier molecular flexibility index (Phi) is 4.31. The second kappa shape index (κ2) is 6.75. The lowest BCUT2D eigenvalue weighted by Gasteiger charge is -2.31. The first-order valence-corrected chi connectivity index (χ1v) is 9.03. The van der Waals surface area contributed by atoms with Gasteiger partial charge >= 0.3 is 0 Å². The number of aromatic nitrogens is 1. The number of nitrogens with zero attached hydrogens (tertiary/aromatic N) is 2. The molecule has 0 aliphatic carbocycles. The fraction of sp³-hybridized carbons (Fsp3) is 0.318.